The highest BCUT2D eigenvalue weighted by Crippen LogP contribution is 2.42. The maximum Gasteiger partial charge on any atom is 0.0993 e. The van der Waals surface area contributed by atoms with Crippen LogP contribution < -0.4 is 5.11 Å². The predicted molar refractivity (Wildman–Crippen MR) is 54.5 cm³/mol. The number of hydrogen-bond donors (Lipinski definition) is 1. The molecule has 0 radical (unpaired) electrons. The molecule has 5 atom stereocenters. The van der Waals surface area contributed by atoms with Crippen molar-refractivity contribution in [1.29, 1.82) is 0 Å². The van der Waals surface area contributed by atoms with Gasteiger partial charge in [-0.3, -0.25) is 4.90 Å². The van der Waals surface area contributed by atoms with Gasteiger partial charge in [0.15, 0.2) is 0 Å². The number of likely N-dealkylation sites (N-methyl/N-ethyl adjacent to an activating group) is 1. The number of morpholine rings is 1. The number of carbonyl (C=O) groups is 1. The van der Waals surface area contributed by atoms with E-state index in [2.05, 4.69) is 11.9 Å². The molecule has 5 aliphatic heterocycles. The number of ether oxygens (including phenoxy) is 1. The summed E-state index contributed by atoms with van der Waals surface area (Å²) >= 11 is 0. The van der Waals surface area contributed by atoms with Gasteiger partial charge in [-0.05, 0) is 33.2 Å². The first kappa shape index (κ1) is 11.8. The fraction of sp³-hybridized carbons (Fsp3) is 0.909. The first-order valence-electron chi connectivity index (χ1n) is 5.73. The number of carboxylic acids is 1. The lowest BCUT2D eigenvalue weighted by Crippen LogP contribution is -2.71. The van der Waals surface area contributed by atoms with E-state index in [0.29, 0.717) is 18.2 Å². The lowest BCUT2D eigenvalue weighted by atomic mass is 9.76. The molecule has 0 aliphatic carbocycles. The van der Waals surface area contributed by atoms with Gasteiger partial charge in [0.25, 0.3) is 0 Å². The molecule has 5 unspecified atom stereocenters. The van der Waals surface area contributed by atoms with Crippen LogP contribution in [0.1, 0.15) is 26.2 Å². The summed E-state index contributed by atoms with van der Waals surface area (Å²) in [6.45, 7) is 0.972. The third kappa shape index (κ3) is 1.95. The van der Waals surface area contributed by atoms with Crippen LogP contribution in [0.4, 0.5) is 0 Å². The molecule has 0 aromatic rings. The minimum atomic E-state index is -1.08. The van der Waals surface area contributed by atoms with Crippen LogP contribution >= 0.6 is 0 Å². The molecule has 5 rings (SSSR count). The summed E-state index contributed by atoms with van der Waals surface area (Å²) in [6, 6.07) is 0.979. The lowest BCUT2D eigenvalue weighted by Gasteiger charge is -2.59. The van der Waals surface area contributed by atoms with Gasteiger partial charge in [-0.2, -0.15) is 0 Å². The molecule has 5 heteroatoms. The van der Waals surface area contributed by atoms with Gasteiger partial charge in [-0.1, -0.05) is 0 Å². The van der Waals surface area contributed by atoms with Gasteiger partial charge in [-0.15, -0.1) is 0 Å². The molecular weight excluding hydrogens is 210 g/mol. The van der Waals surface area contributed by atoms with Crippen molar-refractivity contribution in [1.82, 2.24) is 4.90 Å². The van der Waals surface area contributed by atoms with Gasteiger partial charge >= 0.3 is 0 Å². The molecule has 1 N–H and O–H groups in total. The Bertz CT molecular complexity index is 275. The monoisotopic (exact) mass is 228 g/mol. The molecule has 0 saturated carbocycles. The summed E-state index contributed by atoms with van der Waals surface area (Å²) in [5.74, 6) is -1.08. The van der Waals surface area contributed by atoms with Gasteiger partial charge in [-0.25, -0.2) is 0 Å². The number of aliphatic hydroxyl groups excluding tert-OH is 1. The van der Waals surface area contributed by atoms with Gasteiger partial charge in [0.05, 0.1) is 18.3 Å². The maximum atomic E-state index is 9.69. The number of aliphatic hydroxyl groups is 1. The molecule has 16 heavy (non-hydrogen) atoms. The Hall–Kier alpha value is -0.650. The fourth-order valence-corrected chi connectivity index (χ4v) is 3.13. The van der Waals surface area contributed by atoms with Crippen molar-refractivity contribution in [2.45, 2.75) is 56.6 Å². The second-order valence-electron chi connectivity index (χ2n) is 4.81. The lowest BCUT2D eigenvalue weighted by molar-refractivity contribution is -0.302. The van der Waals surface area contributed by atoms with Crippen molar-refractivity contribution in [3.63, 3.8) is 0 Å². The Morgan fingerprint density at radius 3 is 2.50 bits per heavy atom. The van der Waals surface area contributed by atoms with Crippen LogP contribution in [0.3, 0.4) is 0 Å². The second kappa shape index (κ2) is 4.31. The Balaban J connectivity index is 0.000000212. The molecule has 92 valence electrons. The van der Waals surface area contributed by atoms with E-state index in [9.17, 15) is 5.11 Å². The zero-order chi connectivity index (χ0) is 11.9. The molecule has 0 aromatic heterocycles. The third-order valence-electron chi connectivity index (χ3n) is 3.80. The highest BCUT2D eigenvalue weighted by atomic mass is 16.5. The molecule has 5 nitrogen and oxygen atoms in total. The average Bonchev–Trinajstić information content (AvgIpc) is 2.20. The summed E-state index contributed by atoms with van der Waals surface area (Å²) in [5, 5.41) is 18.6. The minimum absolute atomic E-state index is 0.110. The molecule has 5 fully saturated rings. The van der Waals surface area contributed by atoms with E-state index < -0.39 is 5.97 Å². The normalized spacial score (nSPS) is 45.1. The quantitative estimate of drug-likeness (QED) is 0.560. The standard InChI is InChI=1S/C9H15NO2.C2H4O2/c1-10-5-2-3-8-6(10)4-7(11)9(5)12-8;1-2(3)4/h5-9,11H,2-4H2,1H3;1H3,(H,3,4)/p-1. The van der Waals surface area contributed by atoms with Crippen molar-refractivity contribution >= 4 is 5.97 Å². The third-order valence-corrected chi connectivity index (χ3v) is 3.80. The van der Waals surface area contributed by atoms with Crippen LogP contribution in [-0.4, -0.2) is 53.4 Å². The number of fused-ring (bicyclic) bond motifs is 2. The smallest absolute Gasteiger partial charge is 0.0993 e. The molecular formula is C11H18NO4-. The number of carbonyl (C=O) groups excluding carboxylic acids is 1. The van der Waals surface area contributed by atoms with Crippen molar-refractivity contribution < 1.29 is 19.7 Å². The van der Waals surface area contributed by atoms with Crippen LogP contribution in [-0.2, 0) is 9.53 Å². The highest BCUT2D eigenvalue weighted by molar-refractivity contribution is 5.60. The summed E-state index contributed by atoms with van der Waals surface area (Å²) in [7, 11) is 2.17. The summed E-state index contributed by atoms with van der Waals surface area (Å²) in [6.07, 6.45) is 3.64. The number of rotatable bonds is 0. The van der Waals surface area contributed by atoms with Gasteiger partial charge in [0.1, 0.15) is 0 Å². The largest absolute Gasteiger partial charge is 0.550 e. The molecule has 0 amide bonds. The van der Waals surface area contributed by atoms with E-state index in [-0.39, 0.29) is 12.2 Å². The minimum Gasteiger partial charge on any atom is -0.550 e. The molecule has 4 bridgehead atoms. The van der Waals surface area contributed by atoms with E-state index in [1.165, 1.54) is 12.8 Å². The summed E-state index contributed by atoms with van der Waals surface area (Å²) < 4.78 is 5.78. The van der Waals surface area contributed by atoms with Gasteiger partial charge in [0, 0.05) is 18.1 Å². The number of piperidine rings is 2. The van der Waals surface area contributed by atoms with Crippen molar-refractivity contribution in [2.24, 2.45) is 0 Å². The number of nitrogens with zero attached hydrogens (tertiary/aromatic N) is 1. The molecule has 0 aromatic carbocycles. The van der Waals surface area contributed by atoms with Crippen molar-refractivity contribution in [3.05, 3.63) is 0 Å². The van der Waals surface area contributed by atoms with Crippen LogP contribution in [0.2, 0.25) is 0 Å². The fourth-order valence-electron chi connectivity index (χ4n) is 3.13. The zero-order valence-corrected chi connectivity index (χ0v) is 9.63. The van der Waals surface area contributed by atoms with E-state index in [0.717, 1.165) is 13.3 Å². The Labute approximate surface area is 95.0 Å². The molecule has 5 aliphatic rings. The Morgan fingerprint density at radius 2 is 2.06 bits per heavy atom. The van der Waals surface area contributed by atoms with Gasteiger partial charge in [0.2, 0.25) is 0 Å². The number of carboxylic acid groups (broad SMARTS) is 1. The Morgan fingerprint density at radius 1 is 1.44 bits per heavy atom. The van der Waals surface area contributed by atoms with Crippen LogP contribution in [0.25, 0.3) is 0 Å². The predicted octanol–water partition coefficient (Wildman–Crippen LogP) is -1.26. The van der Waals surface area contributed by atoms with Gasteiger partial charge < -0.3 is 19.7 Å². The molecule has 5 heterocycles. The van der Waals surface area contributed by atoms with Crippen LogP contribution in [0.5, 0.6) is 0 Å². The van der Waals surface area contributed by atoms with Crippen LogP contribution in [0.15, 0.2) is 0 Å². The Kier molecular flexibility index (Phi) is 3.19. The second-order valence-corrected chi connectivity index (χ2v) is 4.81. The maximum absolute atomic E-state index is 9.69. The van der Waals surface area contributed by atoms with Crippen molar-refractivity contribution in [2.75, 3.05) is 7.05 Å². The van der Waals surface area contributed by atoms with Crippen LogP contribution in [0, 0.1) is 0 Å². The summed E-state index contributed by atoms with van der Waals surface area (Å²) in [4.78, 5) is 11.3. The first-order valence-corrected chi connectivity index (χ1v) is 5.73. The highest BCUT2D eigenvalue weighted by Gasteiger charge is 2.53. The first-order chi connectivity index (χ1) is 7.50. The van der Waals surface area contributed by atoms with E-state index >= 15 is 0 Å². The van der Waals surface area contributed by atoms with E-state index in [4.69, 9.17) is 14.6 Å². The van der Waals surface area contributed by atoms with E-state index in [1.54, 1.807) is 0 Å². The van der Waals surface area contributed by atoms with Crippen molar-refractivity contribution in [3.8, 4) is 0 Å². The summed E-state index contributed by atoms with van der Waals surface area (Å²) in [5.41, 5.74) is 0. The molecule has 5 saturated heterocycles. The SMILES string of the molecule is CC(=O)[O-].CN1C2CC(O)C3OC2CCC31. The number of hydrogen-bond acceptors (Lipinski definition) is 5. The topological polar surface area (TPSA) is 72.8 Å². The average molecular weight is 228 g/mol. The number of aliphatic carboxylic acids is 1. The zero-order valence-electron chi connectivity index (χ0n) is 9.63. The molecule has 0 spiro atoms. The van der Waals surface area contributed by atoms with E-state index in [1.807, 2.05) is 0 Å².